The first-order chi connectivity index (χ1) is 8.52. The molecule has 1 rings (SSSR count). The highest BCUT2D eigenvalue weighted by molar-refractivity contribution is 9.10. The lowest BCUT2D eigenvalue weighted by Crippen LogP contribution is -2.21. The van der Waals surface area contributed by atoms with Gasteiger partial charge >= 0.3 is 0 Å². The van der Waals surface area contributed by atoms with Crippen molar-refractivity contribution in [3.63, 3.8) is 0 Å². The van der Waals surface area contributed by atoms with Gasteiger partial charge in [0.2, 0.25) is 0 Å². The van der Waals surface area contributed by atoms with Crippen LogP contribution in [0, 0.1) is 11.6 Å². The molecule has 1 aromatic carbocycles. The van der Waals surface area contributed by atoms with Crippen molar-refractivity contribution in [1.82, 2.24) is 5.32 Å². The molecule has 0 saturated heterocycles. The highest BCUT2D eigenvalue weighted by Crippen LogP contribution is 2.21. The molecule has 0 saturated carbocycles. The Morgan fingerprint density at radius 1 is 1.28 bits per heavy atom. The van der Waals surface area contributed by atoms with Crippen LogP contribution >= 0.6 is 15.9 Å². The van der Waals surface area contributed by atoms with Crippen LogP contribution in [0.3, 0.4) is 0 Å². The molecule has 0 radical (unpaired) electrons. The predicted molar refractivity (Wildman–Crippen MR) is 62.6 cm³/mol. The normalized spacial score (nSPS) is 11.2. The van der Waals surface area contributed by atoms with Gasteiger partial charge in [-0.3, -0.25) is 0 Å². The maximum atomic E-state index is 13.5. The Morgan fingerprint density at radius 3 is 2.67 bits per heavy atom. The number of hydrogen-bond donors (Lipinski definition) is 1. The van der Waals surface area contributed by atoms with Gasteiger partial charge in [-0.25, -0.2) is 17.6 Å². The van der Waals surface area contributed by atoms with Crippen molar-refractivity contribution in [2.45, 2.75) is 13.0 Å². The minimum atomic E-state index is -2.51. The molecule has 0 spiro atoms. The lowest BCUT2D eigenvalue weighted by molar-refractivity contribution is 0.0187. The fraction of sp³-hybridized carbons (Fsp3) is 0.455. The molecule has 0 heterocycles. The first-order valence-electron chi connectivity index (χ1n) is 5.21. The quantitative estimate of drug-likeness (QED) is 0.471. The van der Waals surface area contributed by atoms with Crippen LogP contribution in [0.5, 0.6) is 0 Å². The Bertz CT molecular complexity index is 390. The van der Waals surface area contributed by atoms with Crippen molar-refractivity contribution in [3.05, 3.63) is 33.8 Å². The van der Waals surface area contributed by atoms with Crippen LogP contribution in [0.25, 0.3) is 0 Å². The van der Waals surface area contributed by atoms with Gasteiger partial charge in [-0.15, -0.1) is 0 Å². The fourth-order valence-electron chi connectivity index (χ4n) is 1.26. The summed E-state index contributed by atoms with van der Waals surface area (Å²) in [5, 5.41) is 2.71. The summed E-state index contributed by atoms with van der Waals surface area (Å²) in [5.41, 5.74) is -0.0989. The number of ether oxygens (including phenoxy) is 1. The molecule has 102 valence electrons. The van der Waals surface area contributed by atoms with E-state index in [-0.39, 0.29) is 29.7 Å². The largest absolute Gasteiger partial charge is 0.374 e. The zero-order chi connectivity index (χ0) is 13.5. The molecule has 0 bridgehead atoms. The van der Waals surface area contributed by atoms with Gasteiger partial charge in [-0.05, 0) is 28.1 Å². The van der Waals surface area contributed by atoms with E-state index in [1.807, 2.05) is 0 Å². The number of nitrogens with one attached hydrogen (secondary N) is 1. The van der Waals surface area contributed by atoms with E-state index >= 15 is 0 Å². The first kappa shape index (κ1) is 15.4. The van der Waals surface area contributed by atoms with Gasteiger partial charge in [0, 0.05) is 18.7 Å². The number of halogens is 5. The topological polar surface area (TPSA) is 21.3 Å². The maximum Gasteiger partial charge on any atom is 0.261 e. The third kappa shape index (κ3) is 4.91. The van der Waals surface area contributed by atoms with Crippen LogP contribution in [0.2, 0.25) is 0 Å². The molecule has 0 aromatic heterocycles. The molecule has 0 unspecified atom stereocenters. The highest BCUT2D eigenvalue weighted by atomic mass is 79.9. The lowest BCUT2D eigenvalue weighted by Gasteiger charge is -2.08. The van der Waals surface area contributed by atoms with E-state index in [1.165, 1.54) is 6.07 Å². The van der Waals surface area contributed by atoms with Gasteiger partial charge in [0.1, 0.15) is 18.2 Å². The molecule has 7 heteroatoms. The second-order valence-electron chi connectivity index (χ2n) is 3.46. The zero-order valence-electron chi connectivity index (χ0n) is 9.36. The standard InChI is InChI=1S/C11H12BrF4NO/c12-8-1-2-9(13)7(11(8)16)5-17-3-4-18-6-10(14)15/h1-2,10,17H,3-6H2. The Morgan fingerprint density at radius 2 is 2.00 bits per heavy atom. The third-order valence-electron chi connectivity index (χ3n) is 2.11. The van der Waals surface area contributed by atoms with E-state index in [0.29, 0.717) is 0 Å². The average Bonchev–Trinajstić information content (AvgIpc) is 2.32. The first-order valence-corrected chi connectivity index (χ1v) is 6.00. The molecular weight excluding hydrogens is 318 g/mol. The molecular formula is C11H12BrF4NO. The summed E-state index contributed by atoms with van der Waals surface area (Å²) in [7, 11) is 0. The molecule has 2 nitrogen and oxygen atoms in total. The average molecular weight is 330 g/mol. The van der Waals surface area contributed by atoms with Crippen molar-refractivity contribution < 1.29 is 22.3 Å². The summed E-state index contributed by atoms with van der Waals surface area (Å²) in [6.07, 6.45) is -2.51. The number of benzene rings is 1. The Balaban J connectivity index is 2.33. The third-order valence-corrected chi connectivity index (χ3v) is 2.72. The minimum absolute atomic E-state index is 0.0326. The van der Waals surface area contributed by atoms with Crippen molar-refractivity contribution in [1.29, 1.82) is 0 Å². The van der Waals surface area contributed by atoms with E-state index in [4.69, 9.17) is 0 Å². The minimum Gasteiger partial charge on any atom is -0.374 e. The summed E-state index contributed by atoms with van der Waals surface area (Å²) in [6.45, 7) is -0.379. The van der Waals surface area contributed by atoms with Crippen LogP contribution in [-0.4, -0.2) is 26.2 Å². The molecule has 0 aliphatic heterocycles. The highest BCUT2D eigenvalue weighted by Gasteiger charge is 2.11. The van der Waals surface area contributed by atoms with Crippen molar-refractivity contribution >= 4 is 15.9 Å². The zero-order valence-corrected chi connectivity index (χ0v) is 10.9. The fourth-order valence-corrected chi connectivity index (χ4v) is 1.63. The Labute approximate surface area is 110 Å². The monoisotopic (exact) mass is 329 g/mol. The van der Waals surface area contributed by atoms with E-state index in [2.05, 4.69) is 26.0 Å². The number of rotatable bonds is 7. The molecule has 1 aromatic rings. The second kappa shape index (κ2) is 7.70. The van der Waals surface area contributed by atoms with Gasteiger partial charge in [-0.1, -0.05) is 0 Å². The van der Waals surface area contributed by atoms with Gasteiger partial charge in [0.25, 0.3) is 6.43 Å². The van der Waals surface area contributed by atoms with Crippen molar-refractivity contribution in [2.24, 2.45) is 0 Å². The molecule has 0 atom stereocenters. The van der Waals surface area contributed by atoms with E-state index < -0.39 is 24.7 Å². The molecule has 0 fully saturated rings. The van der Waals surface area contributed by atoms with Gasteiger partial charge < -0.3 is 10.1 Å². The number of hydrogen-bond acceptors (Lipinski definition) is 2. The van der Waals surface area contributed by atoms with Crippen LogP contribution in [0.1, 0.15) is 5.56 Å². The summed E-state index contributed by atoms with van der Waals surface area (Å²) < 4.78 is 55.0. The summed E-state index contributed by atoms with van der Waals surface area (Å²) in [5.74, 6) is -1.33. The van der Waals surface area contributed by atoms with Gasteiger partial charge in [0.15, 0.2) is 0 Å². The molecule has 0 aliphatic carbocycles. The molecule has 0 aliphatic rings. The molecule has 18 heavy (non-hydrogen) atoms. The van der Waals surface area contributed by atoms with E-state index in [9.17, 15) is 17.6 Å². The van der Waals surface area contributed by atoms with Crippen molar-refractivity contribution in [3.8, 4) is 0 Å². The SMILES string of the molecule is Fc1ccc(Br)c(F)c1CNCCOCC(F)F. The van der Waals surface area contributed by atoms with Crippen molar-refractivity contribution in [2.75, 3.05) is 19.8 Å². The Hall–Kier alpha value is -0.660. The van der Waals surface area contributed by atoms with Crippen LogP contribution in [0.15, 0.2) is 16.6 Å². The van der Waals surface area contributed by atoms with E-state index in [1.54, 1.807) is 0 Å². The molecule has 0 amide bonds. The summed E-state index contributed by atoms with van der Waals surface area (Å²) in [6, 6.07) is 2.43. The number of alkyl halides is 2. The van der Waals surface area contributed by atoms with Gasteiger partial charge in [-0.2, -0.15) is 0 Å². The van der Waals surface area contributed by atoms with Crippen LogP contribution < -0.4 is 5.32 Å². The summed E-state index contributed by atoms with van der Waals surface area (Å²) in [4.78, 5) is 0. The van der Waals surface area contributed by atoms with Gasteiger partial charge in [0.05, 0.1) is 11.1 Å². The maximum absolute atomic E-state index is 13.5. The Kier molecular flexibility index (Phi) is 6.59. The summed E-state index contributed by atoms with van der Waals surface area (Å²) >= 11 is 2.95. The van der Waals surface area contributed by atoms with Crippen LogP contribution in [0.4, 0.5) is 17.6 Å². The smallest absolute Gasteiger partial charge is 0.261 e. The second-order valence-corrected chi connectivity index (χ2v) is 4.32. The lowest BCUT2D eigenvalue weighted by atomic mass is 10.2. The van der Waals surface area contributed by atoms with Crippen LogP contribution in [-0.2, 0) is 11.3 Å². The predicted octanol–water partition coefficient (Wildman–Crippen LogP) is 3.10. The van der Waals surface area contributed by atoms with E-state index in [0.717, 1.165) is 6.07 Å². The molecule has 1 N–H and O–H groups in total.